The first kappa shape index (κ1) is 16.6. The maximum Gasteiger partial charge on any atom is 0.272 e. The molecule has 0 radical (unpaired) electrons. The molecule has 1 saturated heterocycles. The summed E-state index contributed by atoms with van der Waals surface area (Å²) in [6.45, 7) is 5.62. The average Bonchev–Trinajstić information content (AvgIpc) is 3.13. The SMILES string of the molecule is CO[C@@H]1CCC[C@@]12CCCN(C(=O)c1c(C)nc3cc(C)ccn13)C2. The number of carbonyl (C=O) groups excluding carboxylic acids is 1. The van der Waals surface area contributed by atoms with Crippen LogP contribution in [-0.4, -0.2) is 46.5 Å². The van der Waals surface area contributed by atoms with Gasteiger partial charge in [-0.25, -0.2) is 4.98 Å². The fourth-order valence-corrected chi connectivity index (χ4v) is 4.95. The van der Waals surface area contributed by atoms with Gasteiger partial charge < -0.3 is 9.64 Å². The van der Waals surface area contributed by atoms with Crippen molar-refractivity contribution >= 4 is 11.6 Å². The Morgan fingerprint density at radius 3 is 2.92 bits per heavy atom. The number of aromatic nitrogens is 2. The second kappa shape index (κ2) is 6.13. The minimum absolute atomic E-state index is 0.106. The number of nitrogens with zero attached hydrogens (tertiary/aromatic N) is 3. The number of ether oxygens (including phenoxy) is 1. The van der Waals surface area contributed by atoms with Crippen molar-refractivity contribution in [3.8, 4) is 0 Å². The summed E-state index contributed by atoms with van der Waals surface area (Å²) in [6, 6.07) is 4.06. The Balaban J connectivity index is 1.66. The highest BCUT2D eigenvalue weighted by atomic mass is 16.5. The molecular weight excluding hydrogens is 314 g/mol. The number of aryl methyl sites for hydroxylation is 2. The van der Waals surface area contributed by atoms with E-state index in [4.69, 9.17) is 4.74 Å². The van der Waals surface area contributed by atoms with E-state index in [-0.39, 0.29) is 17.4 Å². The van der Waals surface area contributed by atoms with Crippen LogP contribution in [0, 0.1) is 19.3 Å². The molecule has 2 aromatic heterocycles. The average molecular weight is 341 g/mol. The predicted molar refractivity (Wildman–Crippen MR) is 96.9 cm³/mol. The van der Waals surface area contributed by atoms with Gasteiger partial charge in [0.15, 0.2) is 0 Å². The van der Waals surface area contributed by atoms with Crippen LogP contribution >= 0.6 is 0 Å². The quantitative estimate of drug-likeness (QED) is 0.841. The van der Waals surface area contributed by atoms with Gasteiger partial charge in [-0.2, -0.15) is 0 Å². The molecule has 2 atom stereocenters. The van der Waals surface area contributed by atoms with E-state index < -0.39 is 0 Å². The molecule has 0 unspecified atom stereocenters. The van der Waals surface area contributed by atoms with Crippen LogP contribution in [0.15, 0.2) is 18.3 Å². The summed E-state index contributed by atoms with van der Waals surface area (Å²) in [5.41, 5.74) is 3.67. The molecule has 1 aliphatic heterocycles. The number of likely N-dealkylation sites (tertiary alicyclic amines) is 1. The second-order valence-electron chi connectivity index (χ2n) is 7.79. The summed E-state index contributed by atoms with van der Waals surface area (Å²) in [6.07, 6.45) is 7.96. The van der Waals surface area contributed by atoms with Crippen molar-refractivity contribution in [1.29, 1.82) is 0 Å². The lowest BCUT2D eigenvalue weighted by Crippen LogP contribution is -2.50. The third-order valence-electron chi connectivity index (χ3n) is 6.16. The van der Waals surface area contributed by atoms with Gasteiger partial charge in [0.1, 0.15) is 11.3 Å². The fraction of sp³-hybridized carbons (Fsp3) is 0.600. The maximum atomic E-state index is 13.3. The molecule has 0 bridgehead atoms. The first-order chi connectivity index (χ1) is 12.0. The highest BCUT2D eigenvalue weighted by molar-refractivity contribution is 5.94. The van der Waals surface area contributed by atoms with Crippen molar-refractivity contribution in [2.45, 2.75) is 52.1 Å². The van der Waals surface area contributed by atoms with Crippen LogP contribution < -0.4 is 0 Å². The molecule has 1 saturated carbocycles. The second-order valence-corrected chi connectivity index (χ2v) is 7.79. The predicted octanol–water partition coefficient (Wildman–Crippen LogP) is 3.37. The first-order valence-corrected chi connectivity index (χ1v) is 9.31. The third-order valence-corrected chi connectivity index (χ3v) is 6.16. The Kier molecular flexibility index (Phi) is 4.07. The molecule has 0 N–H and O–H groups in total. The van der Waals surface area contributed by atoms with Crippen molar-refractivity contribution in [1.82, 2.24) is 14.3 Å². The number of imidazole rings is 1. The first-order valence-electron chi connectivity index (χ1n) is 9.31. The van der Waals surface area contributed by atoms with Crippen molar-refractivity contribution in [3.05, 3.63) is 35.3 Å². The van der Waals surface area contributed by atoms with Gasteiger partial charge in [-0.1, -0.05) is 6.42 Å². The number of piperidine rings is 1. The van der Waals surface area contributed by atoms with Crippen molar-refractivity contribution in [2.24, 2.45) is 5.41 Å². The highest BCUT2D eigenvalue weighted by Gasteiger charge is 2.47. The van der Waals surface area contributed by atoms with E-state index in [1.165, 1.54) is 19.3 Å². The van der Waals surface area contributed by atoms with E-state index in [1.54, 1.807) is 0 Å². The molecule has 1 amide bonds. The number of amides is 1. The van der Waals surface area contributed by atoms with Crippen LogP contribution in [0.3, 0.4) is 0 Å². The lowest BCUT2D eigenvalue weighted by Gasteiger charge is -2.43. The van der Waals surface area contributed by atoms with Gasteiger partial charge in [-0.15, -0.1) is 0 Å². The Bertz CT molecular complexity index is 813. The monoisotopic (exact) mass is 341 g/mol. The molecule has 4 rings (SSSR count). The molecule has 2 aromatic rings. The van der Waals surface area contributed by atoms with E-state index >= 15 is 0 Å². The molecule has 1 spiro atoms. The molecule has 2 aliphatic rings. The summed E-state index contributed by atoms with van der Waals surface area (Å²) < 4.78 is 7.71. The molecule has 5 nitrogen and oxygen atoms in total. The molecule has 5 heteroatoms. The van der Waals surface area contributed by atoms with Crippen LogP contribution in [0.1, 0.15) is 53.8 Å². The van der Waals surface area contributed by atoms with E-state index in [1.807, 2.05) is 48.6 Å². The number of hydrogen-bond donors (Lipinski definition) is 0. The Morgan fingerprint density at radius 1 is 1.32 bits per heavy atom. The standard InChI is InChI=1S/C20H27N3O2/c1-14-7-11-23-17(12-14)21-15(2)18(23)19(24)22-10-5-9-20(13-22)8-4-6-16(20)25-3/h7,11-12,16H,4-6,8-10,13H2,1-3H3/t16-,20+/m1/s1. The normalized spacial score (nSPS) is 26.7. The minimum Gasteiger partial charge on any atom is -0.381 e. The Labute approximate surface area is 149 Å². The van der Waals surface area contributed by atoms with Crippen molar-refractivity contribution < 1.29 is 9.53 Å². The maximum absolute atomic E-state index is 13.3. The molecule has 2 fully saturated rings. The van der Waals surface area contributed by atoms with Crippen LogP contribution in [0.25, 0.3) is 5.65 Å². The number of hydrogen-bond acceptors (Lipinski definition) is 3. The molecule has 3 heterocycles. The summed E-state index contributed by atoms with van der Waals surface area (Å²) in [5, 5.41) is 0. The number of rotatable bonds is 2. The van der Waals surface area contributed by atoms with Crippen LogP contribution in [0.4, 0.5) is 0 Å². The Morgan fingerprint density at radius 2 is 2.12 bits per heavy atom. The van der Waals surface area contributed by atoms with Crippen LogP contribution in [0.2, 0.25) is 0 Å². The van der Waals surface area contributed by atoms with Gasteiger partial charge in [0.2, 0.25) is 0 Å². The molecule has 0 aromatic carbocycles. The topological polar surface area (TPSA) is 46.8 Å². The van der Waals surface area contributed by atoms with Gasteiger partial charge in [0.25, 0.3) is 5.91 Å². The van der Waals surface area contributed by atoms with E-state index in [2.05, 4.69) is 4.98 Å². The molecule has 134 valence electrons. The zero-order valence-electron chi connectivity index (χ0n) is 15.4. The van der Waals surface area contributed by atoms with Crippen LogP contribution in [0.5, 0.6) is 0 Å². The number of fused-ring (bicyclic) bond motifs is 1. The van der Waals surface area contributed by atoms with Gasteiger partial charge in [-0.3, -0.25) is 9.20 Å². The summed E-state index contributed by atoms with van der Waals surface area (Å²) in [5.74, 6) is 0.106. The lowest BCUT2D eigenvalue weighted by atomic mass is 9.76. The largest absolute Gasteiger partial charge is 0.381 e. The van der Waals surface area contributed by atoms with Crippen LogP contribution in [-0.2, 0) is 4.74 Å². The van der Waals surface area contributed by atoms with Crippen molar-refractivity contribution in [3.63, 3.8) is 0 Å². The van der Waals surface area contributed by atoms with E-state index in [9.17, 15) is 4.79 Å². The van der Waals surface area contributed by atoms with Crippen molar-refractivity contribution in [2.75, 3.05) is 20.2 Å². The smallest absolute Gasteiger partial charge is 0.272 e. The fourth-order valence-electron chi connectivity index (χ4n) is 4.95. The van der Waals surface area contributed by atoms with Gasteiger partial charge in [-0.05, 0) is 57.2 Å². The van der Waals surface area contributed by atoms with E-state index in [0.717, 1.165) is 42.8 Å². The zero-order chi connectivity index (χ0) is 17.6. The Hall–Kier alpha value is -1.88. The minimum atomic E-state index is 0.106. The summed E-state index contributed by atoms with van der Waals surface area (Å²) in [7, 11) is 1.81. The summed E-state index contributed by atoms with van der Waals surface area (Å²) in [4.78, 5) is 20.0. The third kappa shape index (κ3) is 2.65. The number of methoxy groups -OCH3 is 1. The lowest BCUT2D eigenvalue weighted by molar-refractivity contribution is -0.0297. The molecular formula is C20H27N3O2. The van der Waals surface area contributed by atoms with Gasteiger partial charge in [0.05, 0.1) is 11.8 Å². The molecule has 25 heavy (non-hydrogen) atoms. The summed E-state index contributed by atoms with van der Waals surface area (Å²) >= 11 is 0. The van der Waals surface area contributed by atoms with Gasteiger partial charge in [0, 0.05) is 31.8 Å². The number of carbonyl (C=O) groups is 1. The number of pyridine rings is 1. The van der Waals surface area contributed by atoms with Gasteiger partial charge >= 0.3 is 0 Å². The highest BCUT2D eigenvalue weighted by Crippen LogP contribution is 2.46. The van der Waals surface area contributed by atoms with E-state index in [0.29, 0.717) is 5.69 Å². The zero-order valence-corrected chi connectivity index (χ0v) is 15.4. The molecule has 1 aliphatic carbocycles.